The topological polar surface area (TPSA) is 82.3 Å². The van der Waals surface area contributed by atoms with E-state index in [2.05, 4.69) is 21.7 Å². The third-order valence-electron chi connectivity index (χ3n) is 4.16. The molecule has 0 aromatic heterocycles. The van der Waals surface area contributed by atoms with Gasteiger partial charge in [-0.1, -0.05) is 29.8 Å². The standard InChI is InChI=1S/C18H19FN4O2/c1-11-2-4-13(5-3-11)17(24)22-23-18(25)15-10-20-21-16(15)12-6-8-14(19)9-7-12/h2-9,15-16,20-21H,10H2,1H3,(H,22,24)(H,23,25). The van der Waals surface area contributed by atoms with Crippen LogP contribution in [0.15, 0.2) is 48.5 Å². The zero-order chi connectivity index (χ0) is 17.8. The molecule has 1 aliphatic heterocycles. The molecular formula is C18H19FN4O2. The van der Waals surface area contributed by atoms with Crippen molar-refractivity contribution in [2.24, 2.45) is 5.92 Å². The largest absolute Gasteiger partial charge is 0.273 e. The van der Waals surface area contributed by atoms with E-state index < -0.39 is 5.92 Å². The maximum absolute atomic E-state index is 13.1. The second kappa shape index (κ2) is 7.42. The minimum Gasteiger partial charge on any atom is -0.273 e. The molecule has 2 amide bonds. The molecule has 130 valence electrons. The summed E-state index contributed by atoms with van der Waals surface area (Å²) in [7, 11) is 0. The molecule has 0 radical (unpaired) electrons. The van der Waals surface area contributed by atoms with Crippen LogP contribution < -0.4 is 21.7 Å². The molecule has 6 nitrogen and oxygen atoms in total. The summed E-state index contributed by atoms with van der Waals surface area (Å²) in [6.45, 7) is 2.33. The van der Waals surface area contributed by atoms with Crippen LogP contribution in [0, 0.1) is 18.7 Å². The third kappa shape index (κ3) is 4.01. The number of rotatable bonds is 3. The molecule has 4 N–H and O–H groups in total. The Labute approximate surface area is 144 Å². The predicted octanol–water partition coefficient (Wildman–Crippen LogP) is 1.36. The van der Waals surface area contributed by atoms with Gasteiger partial charge in [0, 0.05) is 12.1 Å². The fraction of sp³-hybridized carbons (Fsp3) is 0.222. The second-order valence-electron chi connectivity index (χ2n) is 5.97. The molecule has 7 heteroatoms. The molecule has 0 saturated carbocycles. The highest BCUT2D eigenvalue weighted by atomic mass is 19.1. The summed E-state index contributed by atoms with van der Waals surface area (Å²) in [6, 6.07) is 12.7. The number of hydrogen-bond acceptors (Lipinski definition) is 4. The Bertz CT molecular complexity index is 762. The summed E-state index contributed by atoms with van der Waals surface area (Å²) < 4.78 is 13.1. The van der Waals surface area contributed by atoms with Gasteiger partial charge in [0.15, 0.2) is 0 Å². The Morgan fingerprint density at radius 3 is 2.40 bits per heavy atom. The van der Waals surface area contributed by atoms with E-state index in [1.54, 1.807) is 24.3 Å². The van der Waals surface area contributed by atoms with E-state index in [1.807, 2.05) is 19.1 Å². The van der Waals surface area contributed by atoms with Crippen LogP contribution in [-0.2, 0) is 4.79 Å². The van der Waals surface area contributed by atoms with Crippen LogP contribution in [0.5, 0.6) is 0 Å². The van der Waals surface area contributed by atoms with Gasteiger partial charge in [-0.2, -0.15) is 0 Å². The summed E-state index contributed by atoms with van der Waals surface area (Å²) in [5, 5.41) is 0. The minimum atomic E-state index is -0.441. The Balaban J connectivity index is 1.61. The first kappa shape index (κ1) is 17.1. The quantitative estimate of drug-likeness (QED) is 0.635. The van der Waals surface area contributed by atoms with E-state index in [0.717, 1.165) is 11.1 Å². The Kier molecular flexibility index (Phi) is 5.06. The lowest BCUT2D eigenvalue weighted by Gasteiger charge is -2.18. The number of amides is 2. The van der Waals surface area contributed by atoms with Crippen molar-refractivity contribution in [1.82, 2.24) is 21.7 Å². The second-order valence-corrected chi connectivity index (χ2v) is 5.97. The number of hydrogen-bond donors (Lipinski definition) is 4. The van der Waals surface area contributed by atoms with Gasteiger partial charge in [0.1, 0.15) is 5.82 Å². The average molecular weight is 342 g/mol. The molecule has 2 aromatic carbocycles. The first-order chi connectivity index (χ1) is 12.0. The smallest absolute Gasteiger partial charge is 0.269 e. The first-order valence-corrected chi connectivity index (χ1v) is 7.95. The fourth-order valence-electron chi connectivity index (χ4n) is 2.72. The Morgan fingerprint density at radius 1 is 1.04 bits per heavy atom. The van der Waals surface area contributed by atoms with Crippen molar-refractivity contribution in [1.29, 1.82) is 0 Å². The fourth-order valence-corrected chi connectivity index (χ4v) is 2.72. The van der Waals surface area contributed by atoms with Gasteiger partial charge in [-0.15, -0.1) is 0 Å². The van der Waals surface area contributed by atoms with Crippen molar-refractivity contribution < 1.29 is 14.0 Å². The molecule has 2 unspecified atom stereocenters. The maximum Gasteiger partial charge on any atom is 0.269 e. The van der Waals surface area contributed by atoms with Crippen molar-refractivity contribution in [3.8, 4) is 0 Å². The van der Waals surface area contributed by atoms with Gasteiger partial charge in [0.05, 0.1) is 12.0 Å². The van der Waals surface area contributed by atoms with E-state index in [-0.39, 0.29) is 23.7 Å². The highest BCUT2D eigenvalue weighted by Crippen LogP contribution is 2.25. The zero-order valence-corrected chi connectivity index (χ0v) is 13.7. The molecule has 0 spiro atoms. The first-order valence-electron chi connectivity index (χ1n) is 7.95. The number of hydrazine groups is 2. The van der Waals surface area contributed by atoms with Crippen LogP contribution in [-0.4, -0.2) is 18.4 Å². The summed E-state index contributed by atoms with van der Waals surface area (Å²) in [6.07, 6.45) is 0. The van der Waals surface area contributed by atoms with E-state index in [0.29, 0.717) is 12.1 Å². The molecule has 0 aliphatic carbocycles. The van der Waals surface area contributed by atoms with Gasteiger partial charge in [0.25, 0.3) is 5.91 Å². The number of carbonyl (C=O) groups is 2. The summed E-state index contributed by atoms with van der Waals surface area (Å²) in [5.41, 5.74) is 13.1. The van der Waals surface area contributed by atoms with Gasteiger partial charge < -0.3 is 0 Å². The Hall–Kier alpha value is -2.77. The molecule has 25 heavy (non-hydrogen) atoms. The van der Waals surface area contributed by atoms with Gasteiger partial charge in [-0.3, -0.25) is 25.9 Å². The lowest BCUT2D eigenvalue weighted by Crippen LogP contribution is -2.46. The average Bonchev–Trinajstić information content (AvgIpc) is 3.10. The van der Waals surface area contributed by atoms with Gasteiger partial charge in [-0.25, -0.2) is 9.82 Å². The van der Waals surface area contributed by atoms with Gasteiger partial charge in [-0.05, 0) is 36.8 Å². The molecule has 1 fully saturated rings. The lowest BCUT2D eigenvalue weighted by molar-refractivity contribution is -0.125. The van der Waals surface area contributed by atoms with Crippen LogP contribution in [0.1, 0.15) is 27.5 Å². The van der Waals surface area contributed by atoms with Gasteiger partial charge in [0.2, 0.25) is 5.91 Å². The highest BCUT2D eigenvalue weighted by Gasteiger charge is 2.34. The van der Waals surface area contributed by atoms with Crippen LogP contribution in [0.3, 0.4) is 0 Å². The summed E-state index contributed by atoms with van der Waals surface area (Å²) in [5.74, 6) is -1.48. The lowest BCUT2D eigenvalue weighted by atomic mass is 9.94. The molecule has 3 rings (SSSR count). The van der Waals surface area contributed by atoms with Gasteiger partial charge >= 0.3 is 0 Å². The summed E-state index contributed by atoms with van der Waals surface area (Å²) in [4.78, 5) is 24.5. The van der Waals surface area contributed by atoms with Crippen molar-refractivity contribution in [2.75, 3.05) is 6.54 Å². The third-order valence-corrected chi connectivity index (χ3v) is 4.16. The molecule has 2 atom stereocenters. The van der Waals surface area contributed by atoms with Crippen LogP contribution in [0.2, 0.25) is 0 Å². The number of halogens is 1. The van der Waals surface area contributed by atoms with Crippen LogP contribution in [0.25, 0.3) is 0 Å². The monoisotopic (exact) mass is 342 g/mol. The van der Waals surface area contributed by atoms with E-state index in [9.17, 15) is 14.0 Å². The summed E-state index contributed by atoms with van der Waals surface area (Å²) >= 11 is 0. The van der Waals surface area contributed by atoms with Crippen LogP contribution in [0.4, 0.5) is 4.39 Å². The van der Waals surface area contributed by atoms with Crippen LogP contribution >= 0.6 is 0 Å². The predicted molar refractivity (Wildman–Crippen MR) is 90.6 cm³/mol. The van der Waals surface area contributed by atoms with Crippen molar-refractivity contribution in [2.45, 2.75) is 13.0 Å². The number of carbonyl (C=O) groups excluding carboxylic acids is 2. The van der Waals surface area contributed by atoms with Crippen molar-refractivity contribution in [3.05, 3.63) is 71.0 Å². The zero-order valence-electron chi connectivity index (χ0n) is 13.7. The van der Waals surface area contributed by atoms with E-state index in [1.165, 1.54) is 12.1 Å². The van der Waals surface area contributed by atoms with Crippen molar-refractivity contribution in [3.63, 3.8) is 0 Å². The molecule has 1 heterocycles. The SMILES string of the molecule is Cc1ccc(C(=O)NNC(=O)C2CNNC2c2ccc(F)cc2)cc1. The van der Waals surface area contributed by atoms with E-state index >= 15 is 0 Å². The molecule has 1 saturated heterocycles. The Morgan fingerprint density at radius 2 is 1.72 bits per heavy atom. The molecule has 1 aliphatic rings. The minimum absolute atomic E-state index is 0.308. The maximum atomic E-state index is 13.1. The number of benzene rings is 2. The van der Waals surface area contributed by atoms with E-state index in [4.69, 9.17) is 0 Å². The normalized spacial score (nSPS) is 19.4. The highest BCUT2D eigenvalue weighted by molar-refractivity contribution is 5.95. The van der Waals surface area contributed by atoms with Crippen molar-refractivity contribution >= 4 is 11.8 Å². The number of nitrogens with one attached hydrogen (secondary N) is 4. The molecule has 0 bridgehead atoms. The molecule has 2 aromatic rings. The molecular weight excluding hydrogens is 323 g/mol. The number of aryl methyl sites for hydroxylation is 1.